The van der Waals surface area contributed by atoms with Crippen molar-refractivity contribution in [1.29, 1.82) is 0 Å². The minimum absolute atomic E-state index is 0.0176. The Morgan fingerprint density at radius 2 is 2.11 bits per heavy atom. The van der Waals surface area contributed by atoms with E-state index in [2.05, 4.69) is 20.5 Å². The molecule has 1 aromatic heterocycles. The second kappa shape index (κ2) is 5.13. The number of nitrogens with zero attached hydrogens (tertiary/aromatic N) is 2. The molecule has 0 amide bonds. The Kier molecular flexibility index (Phi) is 3.38. The highest BCUT2D eigenvalue weighted by Crippen LogP contribution is 2.07. The van der Waals surface area contributed by atoms with Crippen LogP contribution in [0.5, 0.6) is 5.88 Å². The minimum atomic E-state index is -0.432. The SMILES string of the molecule is Cc1nc(O)c(C=NNc2ccccc2)c(=O)[nH]1. The number of H-pyrrole nitrogens is 1. The van der Waals surface area contributed by atoms with Gasteiger partial charge in [-0.05, 0) is 19.1 Å². The zero-order chi connectivity index (χ0) is 13.0. The molecule has 3 N–H and O–H groups in total. The van der Waals surface area contributed by atoms with Crippen LogP contribution in [0.3, 0.4) is 0 Å². The molecule has 0 aliphatic heterocycles. The van der Waals surface area contributed by atoms with E-state index in [0.29, 0.717) is 5.82 Å². The third-order valence-electron chi connectivity index (χ3n) is 2.21. The topological polar surface area (TPSA) is 90.4 Å². The quantitative estimate of drug-likeness (QED) is 0.559. The molecule has 0 unspecified atom stereocenters. The summed E-state index contributed by atoms with van der Waals surface area (Å²) in [5, 5.41) is 13.4. The van der Waals surface area contributed by atoms with Crippen molar-refractivity contribution in [1.82, 2.24) is 9.97 Å². The number of aromatic amines is 1. The second-order valence-corrected chi connectivity index (χ2v) is 3.62. The molecular weight excluding hydrogens is 232 g/mol. The smallest absolute Gasteiger partial charge is 0.263 e. The van der Waals surface area contributed by atoms with E-state index >= 15 is 0 Å². The van der Waals surface area contributed by atoms with Crippen molar-refractivity contribution >= 4 is 11.9 Å². The fraction of sp³-hybridized carbons (Fsp3) is 0.0833. The number of hydrazone groups is 1. The Bertz CT molecular complexity index is 620. The molecule has 6 heteroatoms. The van der Waals surface area contributed by atoms with Crippen LogP contribution in [0.1, 0.15) is 11.4 Å². The fourth-order valence-electron chi connectivity index (χ4n) is 1.38. The van der Waals surface area contributed by atoms with Gasteiger partial charge >= 0.3 is 0 Å². The van der Waals surface area contributed by atoms with Crippen LogP contribution in [0.25, 0.3) is 0 Å². The lowest BCUT2D eigenvalue weighted by molar-refractivity contribution is 0.448. The van der Waals surface area contributed by atoms with Gasteiger partial charge in [0.1, 0.15) is 11.4 Å². The van der Waals surface area contributed by atoms with Crippen LogP contribution in [0.15, 0.2) is 40.2 Å². The van der Waals surface area contributed by atoms with Gasteiger partial charge in [0, 0.05) is 0 Å². The Morgan fingerprint density at radius 3 is 2.78 bits per heavy atom. The molecule has 0 saturated heterocycles. The van der Waals surface area contributed by atoms with Gasteiger partial charge in [0.25, 0.3) is 5.56 Å². The van der Waals surface area contributed by atoms with E-state index in [-0.39, 0.29) is 11.4 Å². The number of benzene rings is 1. The largest absolute Gasteiger partial charge is 0.493 e. The van der Waals surface area contributed by atoms with E-state index in [1.807, 2.05) is 30.3 Å². The molecule has 0 fully saturated rings. The number of anilines is 1. The van der Waals surface area contributed by atoms with Gasteiger partial charge in [-0.2, -0.15) is 5.10 Å². The van der Waals surface area contributed by atoms with Gasteiger partial charge in [0.05, 0.1) is 11.9 Å². The molecule has 0 aliphatic carbocycles. The van der Waals surface area contributed by atoms with Gasteiger partial charge in [0.15, 0.2) is 0 Å². The van der Waals surface area contributed by atoms with Crippen LogP contribution >= 0.6 is 0 Å². The number of aromatic nitrogens is 2. The van der Waals surface area contributed by atoms with E-state index in [4.69, 9.17) is 0 Å². The molecule has 0 atom stereocenters. The molecule has 0 saturated carbocycles. The average Bonchev–Trinajstić information content (AvgIpc) is 2.34. The Balaban J connectivity index is 2.18. The lowest BCUT2D eigenvalue weighted by Gasteiger charge is -2.00. The standard InChI is InChI=1S/C12H12N4O2/c1-8-14-11(17)10(12(18)15-8)7-13-16-9-5-3-2-4-6-9/h2-7,16H,1H3,(H2,14,15,17,18). The fourth-order valence-corrected chi connectivity index (χ4v) is 1.38. The van der Waals surface area contributed by atoms with Gasteiger partial charge in [-0.15, -0.1) is 0 Å². The highest BCUT2D eigenvalue weighted by Gasteiger charge is 2.05. The number of aromatic hydroxyl groups is 1. The highest BCUT2D eigenvalue weighted by atomic mass is 16.3. The number of para-hydroxylation sites is 1. The van der Waals surface area contributed by atoms with Crippen molar-refractivity contribution in [2.24, 2.45) is 5.10 Å². The van der Waals surface area contributed by atoms with E-state index in [1.165, 1.54) is 6.21 Å². The number of nitrogens with one attached hydrogen (secondary N) is 2. The number of rotatable bonds is 3. The Morgan fingerprint density at radius 1 is 1.39 bits per heavy atom. The van der Waals surface area contributed by atoms with Gasteiger partial charge in [-0.25, -0.2) is 4.98 Å². The van der Waals surface area contributed by atoms with Crippen molar-refractivity contribution in [2.75, 3.05) is 5.43 Å². The van der Waals surface area contributed by atoms with Crippen LogP contribution in [-0.4, -0.2) is 21.3 Å². The molecule has 1 heterocycles. The van der Waals surface area contributed by atoms with Gasteiger partial charge in [-0.3, -0.25) is 10.2 Å². The molecule has 2 aromatic rings. The molecule has 0 spiro atoms. The predicted molar refractivity (Wildman–Crippen MR) is 68.9 cm³/mol. The number of aryl methyl sites for hydroxylation is 1. The molecule has 0 aliphatic rings. The summed E-state index contributed by atoms with van der Waals surface area (Å²) >= 11 is 0. The van der Waals surface area contributed by atoms with E-state index < -0.39 is 5.56 Å². The zero-order valence-corrected chi connectivity index (χ0v) is 9.71. The summed E-state index contributed by atoms with van der Waals surface area (Å²) in [6.07, 6.45) is 1.23. The summed E-state index contributed by atoms with van der Waals surface area (Å²) in [5.74, 6) is 0.0144. The van der Waals surface area contributed by atoms with Gasteiger partial charge in [-0.1, -0.05) is 18.2 Å². The summed E-state index contributed by atoms with van der Waals surface area (Å²) in [4.78, 5) is 17.8. The van der Waals surface area contributed by atoms with Crippen LogP contribution in [-0.2, 0) is 0 Å². The number of hydrogen-bond acceptors (Lipinski definition) is 5. The maximum atomic E-state index is 11.5. The predicted octanol–water partition coefficient (Wildman–Crippen LogP) is 1.23. The first kappa shape index (κ1) is 11.8. The van der Waals surface area contributed by atoms with Crippen LogP contribution < -0.4 is 11.0 Å². The molecule has 6 nitrogen and oxygen atoms in total. The average molecular weight is 244 g/mol. The summed E-state index contributed by atoms with van der Waals surface area (Å²) < 4.78 is 0. The van der Waals surface area contributed by atoms with Crippen molar-refractivity contribution in [3.8, 4) is 5.88 Å². The molecule has 2 rings (SSSR count). The van der Waals surface area contributed by atoms with Crippen LogP contribution in [0.4, 0.5) is 5.69 Å². The van der Waals surface area contributed by atoms with Crippen molar-refractivity contribution in [3.63, 3.8) is 0 Å². The first-order valence-corrected chi connectivity index (χ1v) is 5.31. The summed E-state index contributed by atoms with van der Waals surface area (Å²) in [6, 6.07) is 9.25. The molecule has 1 aromatic carbocycles. The lowest BCUT2D eigenvalue weighted by Crippen LogP contribution is -2.15. The second-order valence-electron chi connectivity index (χ2n) is 3.62. The first-order valence-electron chi connectivity index (χ1n) is 5.31. The van der Waals surface area contributed by atoms with Gasteiger partial charge in [0.2, 0.25) is 5.88 Å². The van der Waals surface area contributed by atoms with E-state index in [9.17, 15) is 9.90 Å². The van der Waals surface area contributed by atoms with Crippen molar-refractivity contribution in [2.45, 2.75) is 6.92 Å². The summed E-state index contributed by atoms with van der Waals surface area (Å²) in [6.45, 7) is 1.59. The molecule has 18 heavy (non-hydrogen) atoms. The third kappa shape index (κ3) is 2.73. The van der Waals surface area contributed by atoms with Crippen molar-refractivity contribution < 1.29 is 5.11 Å². The van der Waals surface area contributed by atoms with Gasteiger partial charge < -0.3 is 10.1 Å². The summed E-state index contributed by atoms with van der Waals surface area (Å²) in [7, 11) is 0. The van der Waals surface area contributed by atoms with Crippen LogP contribution in [0.2, 0.25) is 0 Å². The lowest BCUT2D eigenvalue weighted by atomic mass is 10.3. The number of hydrogen-bond donors (Lipinski definition) is 3. The zero-order valence-electron chi connectivity index (χ0n) is 9.71. The summed E-state index contributed by atoms with van der Waals surface area (Å²) in [5.41, 5.74) is 3.11. The van der Waals surface area contributed by atoms with Crippen molar-refractivity contribution in [3.05, 3.63) is 52.1 Å². The monoisotopic (exact) mass is 244 g/mol. The van der Waals surface area contributed by atoms with Crippen LogP contribution in [0, 0.1) is 6.92 Å². The molecule has 0 bridgehead atoms. The first-order chi connectivity index (χ1) is 8.66. The molecular formula is C12H12N4O2. The van der Waals surface area contributed by atoms with E-state index in [1.54, 1.807) is 6.92 Å². The Labute approximate surface area is 103 Å². The maximum Gasteiger partial charge on any atom is 0.263 e. The molecule has 0 radical (unpaired) electrons. The normalized spacial score (nSPS) is 10.7. The highest BCUT2D eigenvalue weighted by molar-refractivity contribution is 5.82. The van der Waals surface area contributed by atoms with E-state index in [0.717, 1.165) is 5.69 Å². The third-order valence-corrected chi connectivity index (χ3v) is 2.21. The minimum Gasteiger partial charge on any atom is -0.493 e. The Hall–Kier alpha value is -2.63. The maximum absolute atomic E-state index is 11.5. The molecule has 92 valence electrons.